The molecule has 16 heavy (non-hydrogen) atoms. The summed E-state index contributed by atoms with van der Waals surface area (Å²) in [5.74, 6) is -0.208. The second-order valence-corrected chi connectivity index (χ2v) is 5.42. The van der Waals surface area contributed by atoms with Gasteiger partial charge in [-0.15, -0.1) is 0 Å². The molecule has 0 N–H and O–H groups in total. The number of hydrogen-bond acceptors (Lipinski definition) is 3. The van der Waals surface area contributed by atoms with Gasteiger partial charge in [-0.2, -0.15) is 0 Å². The Bertz CT molecular complexity index is 361. The normalized spacial score (nSPS) is 25.1. The lowest BCUT2D eigenvalue weighted by atomic mass is 9.73. The van der Waals surface area contributed by atoms with Crippen LogP contribution in [-0.2, 0) is 9.53 Å². The van der Waals surface area contributed by atoms with E-state index < -0.39 is 5.41 Å². The van der Waals surface area contributed by atoms with Crippen molar-refractivity contribution in [1.29, 1.82) is 0 Å². The molecule has 0 bridgehead atoms. The highest BCUT2D eigenvalue weighted by Gasteiger charge is 2.46. The molecule has 1 aliphatic heterocycles. The van der Waals surface area contributed by atoms with Gasteiger partial charge in [-0.05, 0) is 26.8 Å². The van der Waals surface area contributed by atoms with Gasteiger partial charge in [0, 0.05) is 16.8 Å². The molecule has 0 spiro atoms. The summed E-state index contributed by atoms with van der Waals surface area (Å²) in [6, 6.07) is 0. The van der Waals surface area contributed by atoms with Gasteiger partial charge in [0.15, 0.2) is 0 Å². The summed E-state index contributed by atoms with van der Waals surface area (Å²) in [4.78, 5) is 16.5. The molecule has 0 saturated carbocycles. The van der Waals surface area contributed by atoms with Crippen molar-refractivity contribution in [3.05, 3.63) is 11.8 Å². The molecule has 0 saturated heterocycles. The molecule has 0 fully saturated rings. The Hall–Kier alpha value is -1.12. The zero-order chi connectivity index (χ0) is 12.6. The number of aliphatic imine (C=N–C) groups is 1. The van der Waals surface area contributed by atoms with Crippen molar-refractivity contribution < 1.29 is 9.53 Å². The molecule has 3 heteroatoms. The van der Waals surface area contributed by atoms with Crippen LogP contribution in [-0.4, -0.2) is 18.3 Å². The van der Waals surface area contributed by atoms with Crippen LogP contribution in [0.15, 0.2) is 16.8 Å². The third kappa shape index (κ3) is 2.18. The van der Waals surface area contributed by atoms with Crippen molar-refractivity contribution >= 4 is 11.7 Å². The Labute approximate surface area is 97.6 Å². The van der Waals surface area contributed by atoms with Crippen molar-refractivity contribution in [2.75, 3.05) is 6.61 Å². The fourth-order valence-corrected chi connectivity index (χ4v) is 2.19. The van der Waals surface area contributed by atoms with Crippen LogP contribution in [0.25, 0.3) is 0 Å². The number of allylic oxidation sites excluding steroid dienone is 1. The fourth-order valence-electron chi connectivity index (χ4n) is 2.19. The second kappa shape index (κ2) is 4.04. The topological polar surface area (TPSA) is 38.7 Å². The van der Waals surface area contributed by atoms with E-state index in [9.17, 15) is 4.79 Å². The van der Waals surface area contributed by atoms with Crippen LogP contribution in [0.1, 0.15) is 41.5 Å². The van der Waals surface area contributed by atoms with Crippen LogP contribution in [0.5, 0.6) is 0 Å². The van der Waals surface area contributed by atoms with E-state index in [2.05, 4.69) is 25.8 Å². The van der Waals surface area contributed by atoms with E-state index >= 15 is 0 Å². The van der Waals surface area contributed by atoms with Crippen molar-refractivity contribution in [3.8, 4) is 0 Å². The predicted octanol–water partition coefficient (Wildman–Crippen LogP) is 2.96. The smallest absolute Gasteiger partial charge is 0.321 e. The maximum atomic E-state index is 12.0. The Kier molecular flexibility index (Phi) is 3.27. The average molecular weight is 223 g/mol. The second-order valence-electron chi connectivity index (χ2n) is 5.42. The largest absolute Gasteiger partial charge is 0.465 e. The van der Waals surface area contributed by atoms with Gasteiger partial charge in [0.2, 0.25) is 0 Å². The fraction of sp³-hybridized carbons (Fsp3) is 0.692. The summed E-state index contributed by atoms with van der Waals surface area (Å²) in [5.41, 5.74) is 0.949. The molecule has 0 aromatic rings. The lowest BCUT2D eigenvalue weighted by Gasteiger charge is -2.30. The molecule has 1 rings (SSSR count). The standard InChI is InChI=1S/C13H21NO2/c1-7-16-11(15)13(6)8-9(2)14-10(13)12(3,4)5/h8H,7H2,1-6H3. The number of carbonyl (C=O) groups excluding carboxylic acids is 1. The van der Waals surface area contributed by atoms with Crippen LogP contribution < -0.4 is 0 Å². The minimum atomic E-state index is -0.696. The van der Waals surface area contributed by atoms with E-state index in [1.807, 2.05) is 26.8 Å². The summed E-state index contributed by atoms with van der Waals surface area (Å²) >= 11 is 0. The Morgan fingerprint density at radius 1 is 1.50 bits per heavy atom. The summed E-state index contributed by atoms with van der Waals surface area (Å²) in [5, 5.41) is 0. The molecular formula is C13H21NO2. The first-order chi connectivity index (χ1) is 7.21. The lowest BCUT2D eigenvalue weighted by molar-refractivity contribution is -0.148. The molecule has 90 valence electrons. The highest BCUT2D eigenvalue weighted by molar-refractivity contribution is 6.12. The molecular weight excluding hydrogens is 202 g/mol. The number of nitrogens with zero attached hydrogens (tertiary/aromatic N) is 1. The molecule has 1 aliphatic rings. The number of carbonyl (C=O) groups is 1. The summed E-state index contributed by atoms with van der Waals surface area (Å²) in [7, 11) is 0. The molecule has 1 unspecified atom stereocenters. The van der Waals surface area contributed by atoms with Gasteiger partial charge in [0.1, 0.15) is 5.41 Å². The van der Waals surface area contributed by atoms with Crippen molar-refractivity contribution in [2.24, 2.45) is 15.8 Å². The molecule has 3 nitrogen and oxygen atoms in total. The summed E-state index contributed by atoms with van der Waals surface area (Å²) in [6.45, 7) is 12.2. The lowest BCUT2D eigenvalue weighted by Crippen LogP contribution is -2.41. The Morgan fingerprint density at radius 3 is 2.50 bits per heavy atom. The van der Waals surface area contributed by atoms with Crippen LogP contribution in [0.3, 0.4) is 0 Å². The van der Waals surface area contributed by atoms with Crippen molar-refractivity contribution in [3.63, 3.8) is 0 Å². The van der Waals surface area contributed by atoms with E-state index in [0.29, 0.717) is 6.61 Å². The van der Waals surface area contributed by atoms with Gasteiger partial charge >= 0.3 is 5.97 Å². The van der Waals surface area contributed by atoms with E-state index in [1.54, 1.807) is 0 Å². The number of esters is 1. The quantitative estimate of drug-likeness (QED) is 0.675. The molecule has 0 aromatic heterocycles. The van der Waals surface area contributed by atoms with Crippen LogP contribution >= 0.6 is 0 Å². The van der Waals surface area contributed by atoms with Crippen molar-refractivity contribution in [1.82, 2.24) is 0 Å². The van der Waals surface area contributed by atoms with Gasteiger partial charge in [0.05, 0.1) is 6.61 Å². The monoisotopic (exact) mass is 223 g/mol. The first kappa shape index (κ1) is 12.9. The molecule has 1 heterocycles. The molecule has 0 aromatic carbocycles. The summed E-state index contributed by atoms with van der Waals surface area (Å²) in [6.07, 6.45) is 1.89. The first-order valence-corrected chi connectivity index (χ1v) is 5.68. The molecule has 0 amide bonds. The molecule has 0 radical (unpaired) electrons. The Morgan fingerprint density at radius 2 is 2.06 bits per heavy atom. The third-order valence-corrected chi connectivity index (χ3v) is 2.69. The zero-order valence-corrected chi connectivity index (χ0v) is 11.0. The zero-order valence-electron chi connectivity index (χ0n) is 11.0. The van der Waals surface area contributed by atoms with E-state index in [-0.39, 0.29) is 11.4 Å². The minimum Gasteiger partial charge on any atom is -0.465 e. The number of rotatable bonds is 2. The van der Waals surface area contributed by atoms with E-state index in [0.717, 1.165) is 11.4 Å². The van der Waals surface area contributed by atoms with Gasteiger partial charge in [-0.25, -0.2) is 0 Å². The Balaban J connectivity index is 3.12. The van der Waals surface area contributed by atoms with Gasteiger partial charge < -0.3 is 4.74 Å². The van der Waals surface area contributed by atoms with Crippen LogP contribution in [0.2, 0.25) is 0 Å². The van der Waals surface area contributed by atoms with Crippen LogP contribution in [0, 0.1) is 10.8 Å². The predicted molar refractivity (Wildman–Crippen MR) is 65.4 cm³/mol. The summed E-state index contributed by atoms with van der Waals surface area (Å²) < 4.78 is 5.14. The van der Waals surface area contributed by atoms with Crippen molar-refractivity contribution in [2.45, 2.75) is 41.5 Å². The van der Waals surface area contributed by atoms with Gasteiger partial charge in [-0.3, -0.25) is 9.79 Å². The maximum absolute atomic E-state index is 12.0. The molecule has 0 aliphatic carbocycles. The highest BCUT2D eigenvalue weighted by atomic mass is 16.5. The highest BCUT2D eigenvalue weighted by Crippen LogP contribution is 2.39. The number of ether oxygens (including phenoxy) is 1. The van der Waals surface area contributed by atoms with Gasteiger partial charge in [-0.1, -0.05) is 20.8 Å². The maximum Gasteiger partial charge on any atom is 0.321 e. The van der Waals surface area contributed by atoms with E-state index in [4.69, 9.17) is 4.74 Å². The average Bonchev–Trinajstić information content (AvgIpc) is 2.43. The van der Waals surface area contributed by atoms with E-state index in [1.165, 1.54) is 0 Å². The SMILES string of the molecule is CCOC(=O)C1(C)C=C(C)N=C1C(C)(C)C. The minimum absolute atomic E-state index is 0.129. The molecule has 1 atom stereocenters. The van der Waals surface area contributed by atoms with Gasteiger partial charge in [0.25, 0.3) is 0 Å². The number of hydrogen-bond donors (Lipinski definition) is 0. The third-order valence-electron chi connectivity index (χ3n) is 2.69. The first-order valence-electron chi connectivity index (χ1n) is 5.68. The van der Waals surface area contributed by atoms with Crippen LogP contribution in [0.4, 0.5) is 0 Å².